The number of aliphatic hydroxyl groups is 1. The van der Waals surface area contributed by atoms with Crippen molar-refractivity contribution in [3.63, 3.8) is 0 Å². The highest BCUT2D eigenvalue weighted by molar-refractivity contribution is 6.02. The number of aliphatic hydroxyl groups excluding tert-OH is 1. The van der Waals surface area contributed by atoms with E-state index in [0.717, 1.165) is 17.9 Å². The predicted octanol–water partition coefficient (Wildman–Crippen LogP) is 2.83. The molecule has 2 N–H and O–H groups in total. The molecule has 2 aliphatic rings. The first-order chi connectivity index (χ1) is 9.70. The summed E-state index contributed by atoms with van der Waals surface area (Å²) in [6.45, 7) is 3.15. The zero-order chi connectivity index (χ0) is 14.1. The van der Waals surface area contributed by atoms with E-state index in [-0.39, 0.29) is 5.91 Å². The fourth-order valence-corrected chi connectivity index (χ4v) is 3.46. The van der Waals surface area contributed by atoms with E-state index in [2.05, 4.69) is 17.1 Å². The van der Waals surface area contributed by atoms with Crippen LogP contribution in [0.25, 0.3) is 0 Å². The topological polar surface area (TPSA) is 52.6 Å². The molecule has 1 aliphatic heterocycles. The van der Waals surface area contributed by atoms with Crippen LogP contribution in [0, 0.1) is 0 Å². The molecule has 0 aromatic heterocycles. The maximum atomic E-state index is 11.5. The molecular formula is C16H22N2O2. The Labute approximate surface area is 119 Å². The number of fused-ring (bicyclic) bond motifs is 1. The molecule has 0 bridgehead atoms. The lowest BCUT2D eigenvalue weighted by Crippen LogP contribution is -2.36. The van der Waals surface area contributed by atoms with Gasteiger partial charge in [-0.05, 0) is 31.9 Å². The summed E-state index contributed by atoms with van der Waals surface area (Å²) in [5.41, 5.74) is 2.60. The van der Waals surface area contributed by atoms with E-state index in [0.29, 0.717) is 11.6 Å². The van der Waals surface area contributed by atoms with Crippen molar-refractivity contribution in [2.45, 2.75) is 51.2 Å². The Morgan fingerprint density at radius 3 is 2.75 bits per heavy atom. The zero-order valence-electron chi connectivity index (χ0n) is 11.9. The summed E-state index contributed by atoms with van der Waals surface area (Å²) in [7, 11) is 0. The average Bonchev–Trinajstić information content (AvgIpc) is 2.76. The second-order valence-corrected chi connectivity index (χ2v) is 5.74. The fraction of sp³-hybridized carbons (Fsp3) is 0.562. The van der Waals surface area contributed by atoms with Gasteiger partial charge < -0.3 is 15.3 Å². The van der Waals surface area contributed by atoms with Gasteiger partial charge in [-0.25, -0.2) is 0 Å². The van der Waals surface area contributed by atoms with Crippen LogP contribution in [0.2, 0.25) is 0 Å². The largest absolute Gasteiger partial charge is 0.378 e. The van der Waals surface area contributed by atoms with E-state index in [1.54, 1.807) is 0 Å². The van der Waals surface area contributed by atoms with Crippen LogP contribution < -0.4 is 10.2 Å². The van der Waals surface area contributed by atoms with Gasteiger partial charge in [0.1, 0.15) is 0 Å². The van der Waals surface area contributed by atoms with Gasteiger partial charge in [-0.15, -0.1) is 0 Å². The molecule has 1 aliphatic carbocycles. The van der Waals surface area contributed by atoms with Gasteiger partial charge >= 0.3 is 0 Å². The van der Waals surface area contributed by atoms with E-state index in [1.165, 1.54) is 32.1 Å². The lowest BCUT2D eigenvalue weighted by Gasteiger charge is -2.35. The molecule has 0 saturated heterocycles. The van der Waals surface area contributed by atoms with Crippen LogP contribution in [0.3, 0.4) is 0 Å². The molecule has 1 amide bonds. The van der Waals surface area contributed by atoms with Crippen LogP contribution >= 0.6 is 0 Å². The third kappa shape index (κ3) is 2.29. The van der Waals surface area contributed by atoms with Gasteiger partial charge in [0.15, 0.2) is 6.10 Å². The Kier molecular flexibility index (Phi) is 3.66. The van der Waals surface area contributed by atoms with Gasteiger partial charge in [-0.3, -0.25) is 4.79 Å². The van der Waals surface area contributed by atoms with Crippen LogP contribution in [-0.2, 0) is 4.79 Å². The number of nitrogens with one attached hydrogen (secondary N) is 1. The minimum Gasteiger partial charge on any atom is -0.378 e. The average molecular weight is 274 g/mol. The highest BCUT2D eigenvalue weighted by atomic mass is 16.3. The number of rotatable bonds is 3. The van der Waals surface area contributed by atoms with Crippen LogP contribution in [0.1, 0.15) is 50.7 Å². The third-order valence-electron chi connectivity index (χ3n) is 4.53. The van der Waals surface area contributed by atoms with Crippen molar-refractivity contribution in [1.82, 2.24) is 0 Å². The summed E-state index contributed by atoms with van der Waals surface area (Å²) in [5.74, 6) is -0.321. The van der Waals surface area contributed by atoms with Crippen molar-refractivity contribution in [3.05, 3.63) is 23.8 Å². The molecule has 108 valence electrons. The Morgan fingerprint density at radius 1 is 1.30 bits per heavy atom. The number of benzene rings is 1. The summed E-state index contributed by atoms with van der Waals surface area (Å²) >= 11 is 0. The highest BCUT2D eigenvalue weighted by Gasteiger charge is 2.29. The Balaban J connectivity index is 1.86. The van der Waals surface area contributed by atoms with Crippen LogP contribution in [0.15, 0.2) is 18.2 Å². The van der Waals surface area contributed by atoms with Crippen molar-refractivity contribution in [1.29, 1.82) is 0 Å². The maximum Gasteiger partial charge on any atom is 0.257 e. The van der Waals surface area contributed by atoms with Gasteiger partial charge in [0, 0.05) is 29.5 Å². The minimum atomic E-state index is -1.01. The summed E-state index contributed by atoms with van der Waals surface area (Å²) < 4.78 is 0. The monoisotopic (exact) mass is 274 g/mol. The van der Waals surface area contributed by atoms with Gasteiger partial charge in [-0.2, -0.15) is 0 Å². The van der Waals surface area contributed by atoms with E-state index in [1.807, 2.05) is 18.2 Å². The standard InChI is InChI=1S/C16H22N2O2/c1-2-18(11-6-4-3-5-7-11)12-8-9-13-14(10-12)17-16(20)15(13)19/h8-11,15,19H,2-7H2,1H3,(H,17,20). The van der Waals surface area contributed by atoms with Crippen LogP contribution in [-0.4, -0.2) is 23.6 Å². The first-order valence-electron chi connectivity index (χ1n) is 7.60. The second kappa shape index (κ2) is 5.44. The molecule has 1 unspecified atom stereocenters. The molecule has 4 nitrogen and oxygen atoms in total. The normalized spacial score (nSPS) is 22.5. The molecule has 0 spiro atoms. The lowest BCUT2D eigenvalue weighted by molar-refractivity contribution is -0.123. The van der Waals surface area contributed by atoms with Crippen molar-refractivity contribution in [3.8, 4) is 0 Å². The van der Waals surface area contributed by atoms with Crippen molar-refractivity contribution in [2.75, 3.05) is 16.8 Å². The third-order valence-corrected chi connectivity index (χ3v) is 4.53. The maximum absolute atomic E-state index is 11.5. The van der Waals surface area contributed by atoms with E-state index in [9.17, 15) is 9.90 Å². The number of amides is 1. The first kappa shape index (κ1) is 13.4. The van der Waals surface area contributed by atoms with E-state index >= 15 is 0 Å². The lowest BCUT2D eigenvalue weighted by atomic mass is 9.93. The summed E-state index contributed by atoms with van der Waals surface area (Å²) in [6.07, 6.45) is 5.45. The summed E-state index contributed by atoms with van der Waals surface area (Å²) in [6, 6.07) is 6.51. The van der Waals surface area contributed by atoms with E-state index < -0.39 is 6.10 Å². The number of hydrogen-bond donors (Lipinski definition) is 2. The minimum absolute atomic E-state index is 0.321. The summed E-state index contributed by atoms with van der Waals surface area (Å²) in [5, 5.41) is 12.5. The molecule has 1 atom stereocenters. The molecule has 1 saturated carbocycles. The molecule has 1 aromatic carbocycles. The van der Waals surface area contributed by atoms with Crippen molar-refractivity contribution in [2.24, 2.45) is 0 Å². The van der Waals surface area contributed by atoms with E-state index in [4.69, 9.17) is 0 Å². The molecule has 20 heavy (non-hydrogen) atoms. The molecule has 4 heteroatoms. The van der Waals surface area contributed by atoms with Gasteiger partial charge in [0.25, 0.3) is 5.91 Å². The number of nitrogens with zero attached hydrogens (tertiary/aromatic N) is 1. The van der Waals surface area contributed by atoms with Gasteiger partial charge in [0.05, 0.1) is 0 Å². The smallest absolute Gasteiger partial charge is 0.257 e. The zero-order valence-corrected chi connectivity index (χ0v) is 11.9. The Bertz CT molecular complexity index is 509. The number of carbonyl (C=O) groups excluding carboxylic acids is 1. The van der Waals surface area contributed by atoms with Crippen molar-refractivity contribution < 1.29 is 9.90 Å². The molecule has 3 rings (SSSR count). The first-order valence-corrected chi connectivity index (χ1v) is 7.60. The van der Waals surface area contributed by atoms with Gasteiger partial charge in [0.2, 0.25) is 0 Å². The molecular weight excluding hydrogens is 252 g/mol. The fourth-order valence-electron chi connectivity index (χ4n) is 3.46. The quantitative estimate of drug-likeness (QED) is 0.891. The molecule has 0 radical (unpaired) electrons. The van der Waals surface area contributed by atoms with Crippen LogP contribution in [0.5, 0.6) is 0 Å². The number of carbonyl (C=O) groups is 1. The Hall–Kier alpha value is -1.55. The Morgan fingerprint density at radius 2 is 2.05 bits per heavy atom. The van der Waals surface area contributed by atoms with Crippen LogP contribution in [0.4, 0.5) is 11.4 Å². The van der Waals surface area contributed by atoms with Crippen molar-refractivity contribution >= 4 is 17.3 Å². The van der Waals surface area contributed by atoms with Gasteiger partial charge in [-0.1, -0.05) is 25.3 Å². The molecule has 1 aromatic rings. The molecule has 1 fully saturated rings. The molecule has 1 heterocycles. The summed E-state index contributed by atoms with van der Waals surface area (Å²) in [4.78, 5) is 13.9. The predicted molar refractivity (Wildman–Crippen MR) is 79.9 cm³/mol. The second-order valence-electron chi connectivity index (χ2n) is 5.74. The highest BCUT2D eigenvalue weighted by Crippen LogP contribution is 2.35. The number of hydrogen-bond acceptors (Lipinski definition) is 3. The number of anilines is 2. The SMILES string of the molecule is CCN(c1ccc2c(c1)NC(=O)C2O)C1CCCCC1.